The summed E-state index contributed by atoms with van der Waals surface area (Å²) in [7, 11) is -0.225. The zero-order valence-electron chi connectivity index (χ0n) is 21.3. The van der Waals surface area contributed by atoms with Gasteiger partial charge < -0.3 is 14.6 Å². The third kappa shape index (κ3) is 7.09. The van der Waals surface area contributed by atoms with E-state index in [2.05, 4.69) is 103 Å². The van der Waals surface area contributed by atoms with Crippen molar-refractivity contribution in [1.82, 2.24) is 0 Å². The van der Waals surface area contributed by atoms with Crippen molar-refractivity contribution in [1.29, 1.82) is 0 Å². The molecule has 4 heteroatoms. The fourth-order valence-corrected chi connectivity index (χ4v) is 8.64. The number of aliphatic hydroxyl groups is 1. The van der Waals surface area contributed by atoms with E-state index in [0.29, 0.717) is 13.0 Å². The molecule has 3 nitrogen and oxygen atoms in total. The van der Waals surface area contributed by atoms with E-state index < -0.39 is 13.4 Å². The van der Waals surface area contributed by atoms with Gasteiger partial charge in [0.15, 0.2) is 0 Å². The van der Waals surface area contributed by atoms with Crippen molar-refractivity contribution in [2.75, 3.05) is 19.9 Å². The largest absolute Gasteiger partial charge is 0.497 e. The average molecular weight is 510 g/mol. The van der Waals surface area contributed by atoms with Crippen LogP contribution in [0.1, 0.15) is 18.4 Å². The number of rotatable bonds is 11. The molecule has 0 aliphatic heterocycles. The summed E-state index contributed by atoms with van der Waals surface area (Å²) < 4.78 is 10.9. The SMILES string of the molecule is COc1ccc(COC[C@H](O)CC#CCC[P+](c2ccccc2)(c2ccccc2)c2ccccc2)cc1. The van der Waals surface area contributed by atoms with Gasteiger partial charge in [-0.05, 0) is 54.1 Å². The quantitative estimate of drug-likeness (QED) is 0.219. The minimum Gasteiger partial charge on any atom is -0.497 e. The first kappa shape index (κ1) is 26.6. The summed E-state index contributed by atoms with van der Waals surface area (Å²) in [5.74, 6) is 7.36. The maximum absolute atomic E-state index is 10.4. The van der Waals surface area contributed by atoms with Gasteiger partial charge >= 0.3 is 0 Å². The third-order valence-electron chi connectivity index (χ3n) is 6.36. The lowest BCUT2D eigenvalue weighted by Crippen LogP contribution is -2.33. The Labute approximate surface area is 221 Å². The van der Waals surface area contributed by atoms with Crippen LogP contribution in [0.25, 0.3) is 0 Å². The number of hydrogen-bond acceptors (Lipinski definition) is 3. The van der Waals surface area contributed by atoms with Crippen molar-refractivity contribution in [3.05, 3.63) is 121 Å². The second kappa shape index (κ2) is 13.8. The van der Waals surface area contributed by atoms with Crippen LogP contribution in [0.3, 0.4) is 0 Å². The lowest BCUT2D eigenvalue weighted by Gasteiger charge is -2.27. The number of ether oxygens (including phenoxy) is 2. The molecule has 0 fully saturated rings. The first-order valence-corrected chi connectivity index (χ1v) is 14.6. The lowest BCUT2D eigenvalue weighted by molar-refractivity contribution is 0.0311. The molecule has 1 N–H and O–H groups in total. The average Bonchev–Trinajstić information content (AvgIpc) is 2.97. The summed E-state index contributed by atoms with van der Waals surface area (Å²) in [5.41, 5.74) is 1.04. The van der Waals surface area contributed by atoms with Crippen LogP contribution in [0.4, 0.5) is 0 Å². The zero-order valence-corrected chi connectivity index (χ0v) is 22.2. The van der Waals surface area contributed by atoms with Crippen LogP contribution in [0, 0.1) is 11.8 Å². The molecular formula is C33H34O3P+. The van der Waals surface area contributed by atoms with Crippen molar-refractivity contribution < 1.29 is 14.6 Å². The summed E-state index contributed by atoms with van der Waals surface area (Å²) in [4.78, 5) is 0. The number of aliphatic hydroxyl groups excluding tert-OH is 1. The highest BCUT2D eigenvalue weighted by atomic mass is 31.2. The number of methoxy groups -OCH3 is 1. The normalized spacial score (nSPS) is 11.8. The fourth-order valence-electron chi connectivity index (χ4n) is 4.48. The van der Waals surface area contributed by atoms with Gasteiger partial charge in [-0.25, -0.2) is 0 Å². The molecule has 0 saturated carbocycles. The summed E-state index contributed by atoms with van der Waals surface area (Å²) >= 11 is 0. The zero-order chi connectivity index (χ0) is 25.8. The van der Waals surface area contributed by atoms with Crippen LogP contribution >= 0.6 is 7.26 Å². The standard InChI is InChI=1S/C33H34O3P/c1-35-30-23-21-28(22-24-30)26-36-27-29(34)14-6-5-13-25-37(31-15-7-2-8-16-31,32-17-9-3-10-18-32)33-19-11-4-12-20-33/h2-4,7-12,15-24,29,34H,13-14,25-27H2,1H3/q+1/t29-/m1/s1. The van der Waals surface area contributed by atoms with Crippen molar-refractivity contribution >= 4 is 23.2 Å². The molecule has 37 heavy (non-hydrogen) atoms. The summed E-state index contributed by atoms with van der Waals surface area (Å²) in [6.07, 6.45) is 1.49. The van der Waals surface area contributed by atoms with Gasteiger partial charge in [0.25, 0.3) is 0 Å². The minimum atomic E-state index is -1.87. The molecule has 0 amide bonds. The summed E-state index contributed by atoms with van der Waals surface area (Å²) in [5, 5.41) is 14.4. The Hall–Kier alpha value is -3.41. The molecule has 188 valence electrons. The second-order valence-electron chi connectivity index (χ2n) is 8.86. The van der Waals surface area contributed by atoms with E-state index in [1.54, 1.807) is 7.11 Å². The van der Waals surface area contributed by atoms with Gasteiger partial charge in [0.2, 0.25) is 0 Å². The van der Waals surface area contributed by atoms with Gasteiger partial charge in [0, 0.05) is 12.8 Å². The molecular weight excluding hydrogens is 475 g/mol. The predicted molar refractivity (Wildman–Crippen MR) is 156 cm³/mol. The van der Waals surface area contributed by atoms with Gasteiger partial charge in [-0.1, -0.05) is 72.7 Å². The number of hydrogen-bond donors (Lipinski definition) is 1. The van der Waals surface area contributed by atoms with E-state index in [-0.39, 0.29) is 6.61 Å². The molecule has 0 spiro atoms. The van der Waals surface area contributed by atoms with Crippen molar-refractivity contribution in [2.45, 2.75) is 25.6 Å². The maximum atomic E-state index is 10.4. The summed E-state index contributed by atoms with van der Waals surface area (Å²) in [6.45, 7) is 0.711. The Morgan fingerprint density at radius 2 is 1.22 bits per heavy atom. The Morgan fingerprint density at radius 1 is 0.703 bits per heavy atom. The van der Waals surface area contributed by atoms with Crippen LogP contribution < -0.4 is 20.7 Å². The second-order valence-corrected chi connectivity index (χ2v) is 12.5. The Kier molecular flexibility index (Phi) is 9.92. The molecule has 0 heterocycles. The predicted octanol–water partition coefficient (Wildman–Crippen LogP) is 5.35. The first-order valence-electron chi connectivity index (χ1n) is 12.6. The highest BCUT2D eigenvalue weighted by molar-refractivity contribution is 7.95. The molecule has 1 atom stereocenters. The van der Waals surface area contributed by atoms with Gasteiger partial charge in [-0.3, -0.25) is 0 Å². The molecule has 0 saturated heterocycles. The highest BCUT2D eigenvalue weighted by Crippen LogP contribution is 2.55. The van der Waals surface area contributed by atoms with Crippen LogP contribution in [0.5, 0.6) is 5.75 Å². The van der Waals surface area contributed by atoms with Gasteiger partial charge in [-0.15, -0.1) is 5.92 Å². The van der Waals surface area contributed by atoms with Crippen molar-refractivity contribution in [3.8, 4) is 17.6 Å². The minimum absolute atomic E-state index is 0.260. The number of benzene rings is 4. The molecule has 0 bridgehead atoms. The fraction of sp³-hybridized carbons (Fsp3) is 0.212. The molecule has 4 aromatic rings. The maximum Gasteiger partial charge on any atom is 0.118 e. The highest BCUT2D eigenvalue weighted by Gasteiger charge is 2.44. The Balaban J connectivity index is 1.41. The van der Waals surface area contributed by atoms with Gasteiger partial charge in [0.05, 0.1) is 32.6 Å². The van der Waals surface area contributed by atoms with Crippen LogP contribution in [-0.4, -0.2) is 31.1 Å². The monoisotopic (exact) mass is 509 g/mol. The molecule has 0 aliphatic carbocycles. The van der Waals surface area contributed by atoms with Gasteiger partial charge in [-0.2, -0.15) is 0 Å². The van der Waals surface area contributed by atoms with Crippen molar-refractivity contribution in [3.63, 3.8) is 0 Å². The topological polar surface area (TPSA) is 38.7 Å². The Morgan fingerprint density at radius 3 is 1.70 bits per heavy atom. The Bertz CT molecular complexity index is 1170. The van der Waals surface area contributed by atoms with E-state index in [1.807, 2.05) is 24.3 Å². The van der Waals surface area contributed by atoms with Crippen LogP contribution in [-0.2, 0) is 11.3 Å². The molecule has 0 aromatic heterocycles. The third-order valence-corrected chi connectivity index (χ3v) is 10.8. The first-order chi connectivity index (χ1) is 18.2. The van der Waals surface area contributed by atoms with Crippen molar-refractivity contribution in [2.24, 2.45) is 0 Å². The summed E-state index contributed by atoms with van der Waals surface area (Å²) in [6, 6.07) is 40.3. The van der Waals surface area contributed by atoms with E-state index in [9.17, 15) is 5.11 Å². The molecule has 4 aromatic carbocycles. The molecule has 0 aliphatic rings. The van der Waals surface area contributed by atoms with E-state index in [0.717, 1.165) is 23.9 Å². The molecule has 0 unspecified atom stereocenters. The molecule has 4 rings (SSSR count). The lowest BCUT2D eigenvalue weighted by atomic mass is 10.2. The van der Waals surface area contributed by atoms with Gasteiger partial charge in [0.1, 0.15) is 28.9 Å². The smallest absolute Gasteiger partial charge is 0.118 e. The van der Waals surface area contributed by atoms with E-state index in [1.165, 1.54) is 15.9 Å². The van der Waals surface area contributed by atoms with Crippen LogP contribution in [0.15, 0.2) is 115 Å². The van der Waals surface area contributed by atoms with E-state index in [4.69, 9.17) is 9.47 Å². The molecule has 0 radical (unpaired) electrons. The van der Waals surface area contributed by atoms with Crippen LogP contribution in [0.2, 0.25) is 0 Å². The van der Waals surface area contributed by atoms with E-state index >= 15 is 0 Å².